The lowest BCUT2D eigenvalue weighted by Crippen LogP contribution is -2.35. The van der Waals surface area contributed by atoms with Gasteiger partial charge >= 0.3 is 0 Å². The van der Waals surface area contributed by atoms with E-state index in [1.165, 1.54) is 12.1 Å². The topological polar surface area (TPSA) is 113 Å². The number of amides is 1. The monoisotopic (exact) mass is 353 g/mol. The van der Waals surface area contributed by atoms with Gasteiger partial charge in [-0.15, -0.1) is 12.4 Å². The van der Waals surface area contributed by atoms with E-state index in [0.29, 0.717) is 5.56 Å². The summed E-state index contributed by atoms with van der Waals surface area (Å²) in [5.74, 6) is -1.13. The molecular weight excluding hydrogens is 338 g/mol. The fraction of sp³-hybridized carbons (Fsp3) is 0.0667. The van der Waals surface area contributed by atoms with Crippen molar-refractivity contribution in [1.29, 1.82) is 5.41 Å². The minimum atomic E-state index is -3.53. The highest BCUT2D eigenvalue weighted by atomic mass is 35.5. The molecule has 0 aliphatic heterocycles. The van der Waals surface area contributed by atoms with Gasteiger partial charge in [-0.3, -0.25) is 15.5 Å². The van der Waals surface area contributed by atoms with Crippen LogP contribution in [0, 0.1) is 5.41 Å². The van der Waals surface area contributed by atoms with Crippen LogP contribution < -0.4 is 11.1 Å². The Morgan fingerprint density at radius 2 is 1.74 bits per heavy atom. The zero-order chi connectivity index (χ0) is 16.3. The van der Waals surface area contributed by atoms with Gasteiger partial charge in [-0.05, 0) is 17.7 Å². The largest absolute Gasteiger partial charge is 0.370 e. The average molecular weight is 354 g/mol. The van der Waals surface area contributed by atoms with Crippen LogP contribution in [0.1, 0.15) is 10.4 Å². The molecule has 0 bridgehead atoms. The molecule has 0 spiro atoms. The summed E-state index contributed by atoms with van der Waals surface area (Å²) in [5, 5.41) is 9.18. The first-order chi connectivity index (χ1) is 10.3. The van der Waals surface area contributed by atoms with Gasteiger partial charge in [-0.1, -0.05) is 36.4 Å². The molecule has 0 radical (unpaired) electrons. The number of carbonyl (C=O) groups excluding carboxylic acids is 1. The van der Waals surface area contributed by atoms with Crippen LogP contribution in [-0.4, -0.2) is 26.5 Å². The maximum Gasteiger partial charge on any atom is 0.257 e. The molecule has 0 aliphatic rings. The summed E-state index contributed by atoms with van der Waals surface area (Å²) in [4.78, 5) is 11.9. The van der Waals surface area contributed by atoms with Gasteiger partial charge in [-0.2, -0.15) is 0 Å². The summed E-state index contributed by atoms with van der Waals surface area (Å²) in [6.45, 7) is 0. The van der Waals surface area contributed by atoms with Gasteiger partial charge in [0.15, 0.2) is 15.8 Å². The number of rotatable bonds is 3. The zero-order valence-corrected chi connectivity index (χ0v) is 13.9. The minimum Gasteiger partial charge on any atom is -0.370 e. The van der Waals surface area contributed by atoms with E-state index in [-0.39, 0.29) is 22.9 Å². The molecule has 2 aromatic carbocycles. The van der Waals surface area contributed by atoms with E-state index in [9.17, 15) is 13.2 Å². The highest BCUT2D eigenvalue weighted by molar-refractivity contribution is 7.90. The van der Waals surface area contributed by atoms with Crippen molar-refractivity contribution < 1.29 is 13.2 Å². The molecule has 8 heteroatoms. The Morgan fingerprint density at radius 3 is 2.26 bits per heavy atom. The molecule has 122 valence electrons. The molecule has 0 heterocycles. The third-order valence-electron chi connectivity index (χ3n) is 2.98. The van der Waals surface area contributed by atoms with Crippen LogP contribution in [0.3, 0.4) is 0 Å². The van der Waals surface area contributed by atoms with Gasteiger partial charge in [0.05, 0.1) is 4.90 Å². The van der Waals surface area contributed by atoms with Crippen molar-refractivity contribution in [3.05, 3.63) is 54.1 Å². The summed E-state index contributed by atoms with van der Waals surface area (Å²) in [7, 11) is -3.53. The number of nitrogens with one attached hydrogen (secondary N) is 2. The summed E-state index contributed by atoms with van der Waals surface area (Å²) < 4.78 is 24.1. The number of halogens is 1. The van der Waals surface area contributed by atoms with E-state index in [2.05, 4.69) is 5.32 Å². The van der Waals surface area contributed by atoms with Gasteiger partial charge in [0, 0.05) is 17.4 Å². The van der Waals surface area contributed by atoms with Gasteiger partial charge < -0.3 is 5.73 Å². The molecule has 0 fully saturated rings. The van der Waals surface area contributed by atoms with Crippen LogP contribution in [0.15, 0.2) is 53.4 Å². The van der Waals surface area contributed by atoms with Crippen molar-refractivity contribution >= 4 is 34.1 Å². The van der Waals surface area contributed by atoms with Crippen molar-refractivity contribution in [2.24, 2.45) is 5.73 Å². The molecule has 0 saturated heterocycles. The second kappa shape index (κ2) is 7.26. The summed E-state index contributed by atoms with van der Waals surface area (Å²) in [6, 6.07) is 13.4. The fourth-order valence-corrected chi connectivity index (χ4v) is 2.95. The van der Waals surface area contributed by atoms with Gasteiger partial charge in [0.25, 0.3) is 5.91 Å². The molecule has 0 unspecified atom stereocenters. The number of benzene rings is 2. The summed E-state index contributed by atoms with van der Waals surface area (Å²) in [5.41, 5.74) is 6.48. The molecule has 6 nitrogen and oxygen atoms in total. The third kappa shape index (κ3) is 4.54. The number of sulfone groups is 1. The van der Waals surface area contributed by atoms with Crippen LogP contribution in [-0.2, 0) is 9.84 Å². The van der Waals surface area contributed by atoms with Crippen molar-refractivity contribution in [2.45, 2.75) is 4.90 Å². The first-order valence-electron chi connectivity index (χ1n) is 6.34. The normalized spacial score (nSPS) is 10.5. The molecule has 2 aromatic rings. The van der Waals surface area contributed by atoms with E-state index in [1.54, 1.807) is 30.3 Å². The second-order valence-corrected chi connectivity index (χ2v) is 6.70. The average Bonchev–Trinajstić information content (AvgIpc) is 2.46. The van der Waals surface area contributed by atoms with Crippen LogP contribution in [0.5, 0.6) is 0 Å². The molecule has 0 atom stereocenters. The van der Waals surface area contributed by atoms with Crippen molar-refractivity contribution in [3.63, 3.8) is 0 Å². The van der Waals surface area contributed by atoms with E-state index < -0.39 is 21.7 Å². The number of carbonyl (C=O) groups is 1. The maximum atomic E-state index is 12.0. The summed E-state index contributed by atoms with van der Waals surface area (Å²) in [6.07, 6.45) is 1.08. The summed E-state index contributed by atoms with van der Waals surface area (Å²) >= 11 is 0. The maximum absolute atomic E-state index is 12.0. The van der Waals surface area contributed by atoms with Gasteiger partial charge in [0.1, 0.15) is 0 Å². The Hall–Kier alpha value is -2.38. The second-order valence-electron chi connectivity index (χ2n) is 4.72. The number of hydrogen-bond donors (Lipinski definition) is 3. The number of guanidine groups is 1. The van der Waals surface area contributed by atoms with Crippen LogP contribution in [0.25, 0.3) is 11.1 Å². The molecular formula is C15H16ClN3O3S. The quantitative estimate of drug-likeness (QED) is 0.576. The standard InChI is InChI=1S/C15H15N3O3S.ClH/c1-22(20,21)13-9-11(14(19)18-15(16)17)7-8-12(13)10-5-3-2-4-6-10;/h2-9H,1H3,(H4,16,17,18,19);1H. The first kappa shape index (κ1) is 18.7. The lowest BCUT2D eigenvalue weighted by molar-refractivity contribution is 0.0976. The molecule has 4 N–H and O–H groups in total. The predicted octanol–water partition coefficient (Wildman–Crippen LogP) is 1.80. The van der Waals surface area contributed by atoms with Gasteiger partial charge in [0.2, 0.25) is 0 Å². The van der Waals surface area contributed by atoms with E-state index in [1.807, 2.05) is 6.07 Å². The Balaban J connectivity index is 0.00000264. The fourth-order valence-electron chi connectivity index (χ4n) is 2.02. The van der Waals surface area contributed by atoms with Crippen LogP contribution in [0.2, 0.25) is 0 Å². The first-order valence-corrected chi connectivity index (χ1v) is 8.23. The van der Waals surface area contributed by atoms with Crippen molar-refractivity contribution in [3.8, 4) is 11.1 Å². The Labute approximate surface area is 140 Å². The van der Waals surface area contributed by atoms with Crippen LogP contribution in [0.4, 0.5) is 0 Å². The Kier molecular flexibility index (Phi) is 5.89. The van der Waals surface area contributed by atoms with E-state index in [0.717, 1.165) is 11.8 Å². The Morgan fingerprint density at radius 1 is 1.13 bits per heavy atom. The number of hydrogen-bond acceptors (Lipinski definition) is 4. The molecule has 23 heavy (non-hydrogen) atoms. The molecule has 0 saturated carbocycles. The van der Waals surface area contributed by atoms with Crippen molar-refractivity contribution in [1.82, 2.24) is 5.32 Å². The molecule has 0 aliphatic carbocycles. The van der Waals surface area contributed by atoms with Crippen molar-refractivity contribution in [2.75, 3.05) is 6.26 Å². The third-order valence-corrected chi connectivity index (χ3v) is 4.11. The highest BCUT2D eigenvalue weighted by Gasteiger charge is 2.18. The Bertz CT molecular complexity index is 836. The smallest absolute Gasteiger partial charge is 0.257 e. The molecule has 2 rings (SSSR count). The van der Waals surface area contributed by atoms with E-state index in [4.69, 9.17) is 11.1 Å². The lowest BCUT2D eigenvalue weighted by atomic mass is 10.0. The lowest BCUT2D eigenvalue weighted by Gasteiger charge is -2.11. The highest BCUT2D eigenvalue weighted by Crippen LogP contribution is 2.28. The SMILES string of the molecule is CS(=O)(=O)c1cc(C(=O)NC(=N)N)ccc1-c1ccccc1.Cl. The van der Waals surface area contributed by atoms with Gasteiger partial charge in [-0.25, -0.2) is 8.42 Å². The predicted molar refractivity (Wildman–Crippen MR) is 91.6 cm³/mol. The zero-order valence-electron chi connectivity index (χ0n) is 12.2. The van der Waals surface area contributed by atoms with Crippen LogP contribution >= 0.6 is 12.4 Å². The van der Waals surface area contributed by atoms with E-state index >= 15 is 0 Å². The number of nitrogens with two attached hydrogens (primary N) is 1. The minimum absolute atomic E-state index is 0. The molecule has 0 aromatic heterocycles. The molecule has 1 amide bonds.